The maximum Gasteiger partial charge on any atom is 0.271 e. The van der Waals surface area contributed by atoms with Gasteiger partial charge in [0.1, 0.15) is 17.4 Å². The number of anilines is 1. The fourth-order valence-electron chi connectivity index (χ4n) is 2.16. The topological polar surface area (TPSA) is 117 Å². The average Bonchev–Trinajstić information content (AvgIpc) is 2.65. The summed E-state index contributed by atoms with van der Waals surface area (Å²) >= 11 is 0. The minimum Gasteiger partial charge on any atom is -0.496 e. The van der Waals surface area contributed by atoms with E-state index >= 15 is 0 Å². The van der Waals surface area contributed by atoms with Gasteiger partial charge in [-0.05, 0) is 12.1 Å². The number of nitro groups is 1. The Kier molecular flexibility index (Phi) is 6.28. The van der Waals surface area contributed by atoms with E-state index in [1.807, 2.05) is 18.2 Å². The number of carbonyl (C=O) groups is 1. The third kappa shape index (κ3) is 4.82. The molecule has 0 aliphatic rings. The van der Waals surface area contributed by atoms with Gasteiger partial charge in [-0.2, -0.15) is 5.26 Å². The molecule has 1 amide bonds. The van der Waals surface area contributed by atoms with Crippen molar-refractivity contribution >= 4 is 17.3 Å². The first-order valence-electron chi connectivity index (χ1n) is 7.56. The Bertz CT molecular complexity index is 887. The summed E-state index contributed by atoms with van der Waals surface area (Å²) in [5, 5.41) is 25.3. The fourth-order valence-corrected chi connectivity index (χ4v) is 2.16. The van der Waals surface area contributed by atoms with Crippen LogP contribution < -0.4 is 15.4 Å². The first-order valence-corrected chi connectivity index (χ1v) is 7.56. The van der Waals surface area contributed by atoms with Crippen LogP contribution in [0, 0.1) is 21.4 Å². The monoisotopic (exact) mass is 352 g/mol. The Morgan fingerprint density at radius 1 is 1.31 bits per heavy atom. The summed E-state index contributed by atoms with van der Waals surface area (Å²) in [4.78, 5) is 22.4. The maximum atomic E-state index is 12.2. The molecule has 8 nitrogen and oxygen atoms in total. The predicted molar refractivity (Wildman–Crippen MR) is 95.3 cm³/mol. The SMILES string of the molecule is COc1ccccc1CN/C=C(/C#N)C(=O)Nc1cccc([N+](=O)[O-])c1. The predicted octanol–water partition coefficient (Wildman–Crippen LogP) is 2.74. The van der Waals surface area contributed by atoms with E-state index < -0.39 is 10.8 Å². The van der Waals surface area contributed by atoms with Gasteiger partial charge in [-0.3, -0.25) is 14.9 Å². The lowest BCUT2D eigenvalue weighted by Crippen LogP contribution is -2.16. The molecule has 0 unspecified atom stereocenters. The lowest BCUT2D eigenvalue weighted by atomic mass is 10.2. The first-order chi connectivity index (χ1) is 12.5. The van der Waals surface area contributed by atoms with Crippen LogP contribution in [0.4, 0.5) is 11.4 Å². The molecule has 2 rings (SSSR count). The highest BCUT2D eigenvalue weighted by atomic mass is 16.6. The van der Waals surface area contributed by atoms with Crippen LogP contribution in [0.25, 0.3) is 0 Å². The van der Waals surface area contributed by atoms with Crippen LogP contribution in [-0.4, -0.2) is 17.9 Å². The Labute approximate surface area is 149 Å². The van der Waals surface area contributed by atoms with Crippen molar-refractivity contribution in [2.45, 2.75) is 6.54 Å². The standard InChI is InChI=1S/C18H16N4O4/c1-26-17-8-3-2-5-13(17)11-20-12-14(10-19)18(23)21-15-6-4-7-16(9-15)22(24)25/h2-9,12,20H,11H2,1H3,(H,21,23)/b14-12-. The Morgan fingerprint density at radius 2 is 2.08 bits per heavy atom. The van der Waals surface area contributed by atoms with E-state index in [0.717, 1.165) is 5.56 Å². The number of rotatable bonds is 7. The van der Waals surface area contributed by atoms with Gasteiger partial charge in [0.2, 0.25) is 0 Å². The van der Waals surface area contributed by atoms with Crippen molar-refractivity contribution in [3.8, 4) is 11.8 Å². The average molecular weight is 352 g/mol. The van der Waals surface area contributed by atoms with Crippen molar-refractivity contribution in [3.05, 3.63) is 76.0 Å². The molecule has 8 heteroatoms. The summed E-state index contributed by atoms with van der Waals surface area (Å²) in [5.41, 5.74) is 0.781. The summed E-state index contributed by atoms with van der Waals surface area (Å²) < 4.78 is 5.23. The van der Waals surface area contributed by atoms with E-state index in [1.54, 1.807) is 19.2 Å². The normalized spacial score (nSPS) is 10.5. The second-order valence-electron chi connectivity index (χ2n) is 5.12. The van der Waals surface area contributed by atoms with E-state index in [0.29, 0.717) is 12.3 Å². The molecule has 0 aliphatic carbocycles. The molecule has 132 valence electrons. The van der Waals surface area contributed by atoms with Crippen LogP contribution >= 0.6 is 0 Å². The molecular weight excluding hydrogens is 336 g/mol. The largest absolute Gasteiger partial charge is 0.496 e. The van der Waals surface area contributed by atoms with Crippen molar-refractivity contribution < 1.29 is 14.5 Å². The van der Waals surface area contributed by atoms with Crippen LogP contribution in [0.3, 0.4) is 0 Å². The van der Waals surface area contributed by atoms with Crippen LogP contribution in [0.1, 0.15) is 5.56 Å². The molecular formula is C18H16N4O4. The maximum absolute atomic E-state index is 12.2. The number of ether oxygens (including phenoxy) is 1. The number of nitro benzene ring substituents is 1. The summed E-state index contributed by atoms with van der Waals surface area (Å²) in [6.07, 6.45) is 1.29. The highest BCUT2D eigenvalue weighted by Gasteiger charge is 2.12. The van der Waals surface area contributed by atoms with Gasteiger partial charge < -0.3 is 15.4 Å². The number of nitrogens with one attached hydrogen (secondary N) is 2. The van der Waals surface area contributed by atoms with Gasteiger partial charge in [-0.1, -0.05) is 24.3 Å². The number of amides is 1. The number of benzene rings is 2. The van der Waals surface area contributed by atoms with E-state index in [-0.39, 0.29) is 16.9 Å². The summed E-state index contributed by atoms with van der Waals surface area (Å²) in [7, 11) is 1.56. The van der Waals surface area contributed by atoms with Crippen molar-refractivity contribution in [2.24, 2.45) is 0 Å². The number of carbonyl (C=O) groups excluding carboxylic acids is 1. The van der Waals surface area contributed by atoms with Gasteiger partial charge >= 0.3 is 0 Å². The lowest BCUT2D eigenvalue weighted by Gasteiger charge is -2.08. The molecule has 0 saturated heterocycles. The van der Waals surface area contributed by atoms with Gasteiger partial charge in [-0.25, -0.2) is 0 Å². The molecule has 0 atom stereocenters. The van der Waals surface area contributed by atoms with Gasteiger partial charge in [0.15, 0.2) is 0 Å². The molecule has 0 bridgehead atoms. The molecule has 2 aromatic carbocycles. The number of nitriles is 1. The molecule has 26 heavy (non-hydrogen) atoms. The second-order valence-corrected chi connectivity index (χ2v) is 5.12. The van der Waals surface area contributed by atoms with Gasteiger partial charge in [0, 0.05) is 36.1 Å². The van der Waals surface area contributed by atoms with Crippen LogP contribution in [0.5, 0.6) is 5.75 Å². The number of para-hydroxylation sites is 1. The minimum absolute atomic E-state index is 0.153. The van der Waals surface area contributed by atoms with Crippen molar-refractivity contribution in [2.75, 3.05) is 12.4 Å². The molecule has 0 heterocycles. The lowest BCUT2D eigenvalue weighted by molar-refractivity contribution is -0.384. The zero-order valence-corrected chi connectivity index (χ0v) is 13.9. The van der Waals surface area contributed by atoms with Crippen LogP contribution in [0.2, 0.25) is 0 Å². The molecule has 2 N–H and O–H groups in total. The van der Waals surface area contributed by atoms with Crippen LogP contribution in [0.15, 0.2) is 60.3 Å². The third-order valence-corrected chi connectivity index (χ3v) is 3.41. The third-order valence-electron chi connectivity index (χ3n) is 3.41. The Balaban J connectivity index is 2.04. The van der Waals surface area contributed by atoms with E-state index in [2.05, 4.69) is 10.6 Å². The minimum atomic E-state index is -0.666. The number of hydrogen-bond donors (Lipinski definition) is 2. The van der Waals surface area contributed by atoms with E-state index in [1.165, 1.54) is 30.5 Å². The van der Waals surface area contributed by atoms with Crippen molar-refractivity contribution in [1.82, 2.24) is 5.32 Å². The smallest absolute Gasteiger partial charge is 0.271 e. The van der Waals surface area contributed by atoms with Crippen LogP contribution in [-0.2, 0) is 11.3 Å². The molecule has 0 fully saturated rings. The summed E-state index contributed by atoms with van der Waals surface area (Å²) in [5.74, 6) is 0.0217. The van der Waals surface area contributed by atoms with Crippen molar-refractivity contribution in [1.29, 1.82) is 5.26 Å². The number of nitrogens with zero attached hydrogens (tertiary/aromatic N) is 2. The molecule has 0 spiro atoms. The molecule has 0 aromatic heterocycles. The first kappa shape index (κ1) is 18.5. The molecule has 0 aliphatic heterocycles. The highest BCUT2D eigenvalue weighted by molar-refractivity contribution is 6.06. The van der Waals surface area contributed by atoms with E-state index in [9.17, 15) is 14.9 Å². The van der Waals surface area contributed by atoms with E-state index in [4.69, 9.17) is 10.00 Å². The Hall–Kier alpha value is -3.86. The highest BCUT2D eigenvalue weighted by Crippen LogP contribution is 2.18. The van der Waals surface area contributed by atoms with Gasteiger partial charge in [-0.15, -0.1) is 0 Å². The molecule has 2 aromatic rings. The van der Waals surface area contributed by atoms with Gasteiger partial charge in [0.05, 0.1) is 12.0 Å². The number of hydrogen-bond acceptors (Lipinski definition) is 6. The summed E-state index contributed by atoms with van der Waals surface area (Å²) in [6.45, 7) is 0.360. The number of methoxy groups -OCH3 is 1. The van der Waals surface area contributed by atoms with Crippen molar-refractivity contribution in [3.63, 3.8) is 0 Å². The zero-order valence-electron chi connectivity index (χ0n) is 13.9. The molecule has 0 saturated carbocycles. The molecule has 0 radical (unpaired) electrons. The zero-order chi connectivity index (χ0) is 18.9. The summed E-state index contributed by atoms with van der Waals surface area (Å²) in [6, 6.07) is 14.6. The quantitative estimate of drug-likeness (QED) is 0.342. The van der Waals surface area contributed by atoms with Gasteiger partial charge in [0.25, 0.3) is 11.6 Å². The number of non-ortho nitro benzene ring substituents is 1. The second kappa shape index (κ2) is 8.84. The Morgan fingerprint density at radius 3 is 2.77 bits per heavy atom. The fraction of sp³-hybridized carbons (Fsp3) is 0.111.